The first-order chi connectivity index (χ1) is 13.1. The van der Waals surface area contributed by atoms with Crippen molar-refractivity contribution >= 4 is 17.3 Å². The minimum atomic E-state index is -4.98. The van der Waals surface area contributed by atoms with Gasteiger partial charge in [-0.2, -0.15) is 13.2 Å². The van der Waals surface area contributed by atoms with E-state index in [2.05, 4.69) is 9.72 Å². The van der Waals surface area contributed by atoms with Gasteiger partial charge in [-0.3, -0.25) is 20.0 Å². The Kier molecular flexibility index (Phi) is 4.63. The molecule has 146 valence electrons. The number of nitro groups is 1. The molecule has 12 heteroatoms. The Balaban J connectivity index is 2.31. The van der Waals surface area contributed by atoms with E-state index in [0.717, 1.165) is 12.1 Å². The van der Waals surface area contributed by atoms with Crippen molar-refractivity contribution in [1.82, 2.24) is 14.6 Å². The number of aromatic nitrogens is 3. The van der Waals surface area contributed by atoms with Crippen molar-refractivity contribution in [2.24, 2.45) is 0 Å². The quantitative estimate of drug-likeness (QED) is 0.411. The van der Waals surface area contributed by atoms with Crippen LogP contribution in [0.1, 0.15) is 23.0 Å². The minimum Gasteiger partial charge on any atom is -0.462 e. The van der Waals surface area contributed by atoms with E-state index in [1.54, 1.807) is 0 Å². The molecule has 0 radical (unpaired) electrons. The molecule has 0 aliphatic heterocycles. The number of rotatable bonds is 4. The molecule has 2 aromatic heterocycles. The molecule has 1 N–H and O–H groups in total. The van der Waals surface area contributed by atoms with Crippen LogP contribution in [0.3, 0.4) is 0 Å². The van der Waals surface area contributed by atoms with Gasteiger partial charge in [0.15, 0.2) is 11.3 Å². The SMILES string of the molecule is CCOC(=O)c1c(C(F)(F)F)[nH]n2c(=O)cc(-c3cccc([N+](=O)[O-])c3)nc12. The zero-order valence-corrected chi connectivity index (χ0v) is 14.1. The smallest absolute Gasteiger partial charge is 0.433 e. The Labute approximate surface area is 153 Å². The monoisotopic (exact) mass is 396 g/mol. The van der Waals surface area contributed by atoms with Gasteiger partial charge in [-0.05, 0) is 6.92 Å². The molecule has 3 aromatic rings. The second-order valence-corrected chi connectivity index (χ2v) is 5.53. The third-order valence-electron chi connectivity index (χ3n) is 3.73. The summed E-state index contributed by atoms with van der Waals surface area (Å²) in [5.74, 6) is -1.31. The van der Waals surface area contributed by atoms with Gasteiger partial charge in [0, 0.05) is 23.8 Å². The molecule has 0 saturated carbocycles. The number of fused-ring (bicyclic) bond motifs is 1. The van der Waals surface area contributed by atoms with Crippen molar-refractivity contribution in [3.8, 4) is 11.3 Å². The van der Waals surface area contributed by atoms with Crippen molar-refractivity contribution in [3.63, 3.8) is 0 Å². The molecule has 0 saturated heterocycles. The summed E-state index contributed by atoms with van der Waals surface area (Å²) >= 11 is 0. The average Bonchev–Trinajstić information content (AvgIpc) is 3.02. The van der Waals surface area contributed by atoms with Crippen LogP contribution in [0.25, 0.3) is 16.9 Å². The molecular formula is C16H11F3N4O5. The van der Waals surface area contributed by atoms with Crippen LogP contribution < -0.4 is 5.56 Å². The van der Waals surface area contributed by atoms with Crippen LogP contribution in [0, 0.1) is 10.1 Å². The maximum atomic E-state index is 13.3. The number of halogens is 3. The van der Waals surface area contributed by atoms with Gasteiger partial charge < -0.3 is 4.74 Å². The number of hydrogen-bond donors (Lipinski definition) is 1. The molecule has 0 aliphatic rings. The number of nitrogens with zero attached hydrogens (tertiary/aromatic N) is 3. The molecule has 3 rings (SSSR count). The summed E-state index contributed by atoms with van der Waals surface area (Å²) in [4.78, 5) is 38.6. The lowest BCUT2D eigenvalue weighted by molar-refractivity contribution is -0.384. The third kappa shape index (κ3) is 3.31. The zero-order valence-electron chi connectivity index (χ0n) is 14.1. The third-order valence-corrected chi connectivity index (χ3v) is 3.73. The van der Waals surface area contributed by atoms with E-state index in [4.69, 9.17) is 0 Å². The highest BCUT2D eigenvalue weighted by molar-refractivity contribution is 5.97. The van der Waals surface area contributed by atoms with Crippen molar-refractivity contribution in [2.45, 2.75) is 13.1 Å². The van der Waals surface area contributed by atoms with Crippen LogP contribution >= 0.6 is 0 Å². The molecule has 0 amide bonds. The molecule has 0 spiro atoms. The summed E-state index contributed by atoms with van der Waals surface area (Å²) in [6, 6.07) is 5.95. The average molecular weight is 396 g/mol. The molecule has 0 fully saturated rings. The molecule has 0 atom stereocenters. The Morgan fingerprint density at radius 1 is 1.36 bits per heavy atom. The van der Waals surface area contributed by atoms with E-state index in [1.165, 1.54) is 25.1 Å². The predicted octanol–water partition coefficient (Wildman–Crippen LogP) is 2.79. The number of benzene rings is 1. The second-order valence-electron chi connectivity index (χ2n) is 5.53. The lowest BCUT2D eigenvalue weighted by atomic mass is 10.1. The first kappa shape index (κ1) is 19.1. The van der Waals surface area contributed by atoms with Crippen LogP contribution in [0.15, 0.2) is 35.1 Å². The largest absolute Gasteiger partial charge is 0.462 e. The van der Waals surface area contributed by atoms with Gasteiger partial charge in [-0.15, -0.1) is 0 Å². The molecule has 2 heterocycles. The molecule has 0 unspecified atom stereocenters. The van der Waals surface area contributed by atoms with E-state index in [9.17, 15) is 32.9 Å². The fourth-order valence-electron chi connectivity index (χ4n) is 2.57. The van der Waals surface area contributed by atoms with E-state index >= 15 is 0 Å². The maximum absolute atomic E-state index is 13.3. The number of nitrogens with one attached hydrogen (secondary N) is 1. The number of esters is 1. The number of carbonyl (C=O) groups excluding carboxylic acids is 1. The van der Waals surface area contributed by atoms with Crippen LogP contribution in [-0.2, 0) is 10.9 Å². The fourth-order valence-corrected chi connectivity index (χ4v) is 2.57. The van der Waals surface area contributed by atoms with Gasteiger partial charge in [0.25, 0.3) is 11.2 Å². The molecule has 9 nitrogen and oxygen atoms in total. The van der Waals surface area contributed by atoms with Gasteiger partial charge in [-0.1, -0.05) is 12.1 Å². The number of H-pyrrole nitrogens is 1. The molecule has 28 heavy (non-hydrogen) atoms. The predicted molar refractivity (Wildman–Crippen MR) is 88.9 cm³/mol. The van der Waals surface area contributed by atoms with E-state index in [0.29, 0.717) is 4.52 Å². The summed E-state index contributed by atoms with van der Waals surface area (Å²) < 4.78 is 45.1. The summed E-state index contributed by atoms with van der Waals surface area (Å²) in [5, 5.41) is 12.7. The summed E-state index contributed by atoms with van der Waals surface area (Å²) in [6.07, 6.45) is -4.98. The summed E-state index contributed by atoms with van der Waals surface area (Å²) in [6.45, 7) is 1.22. The molecule has 0 aliphatic carbocycles. The highest BCUT2D eigenvalue weighted by Crippen LogP contribution is 2.33. The molecule has 1 aromatic carbocycles. The first-order valence-electron chi connectivity index (χ1n) is 7.78. The van der Waals surface area contributed by atoms with Gasteiger partial charge in [-0.25, -0.2) is 14.3 Å². The number of hydrogen-bond acceptors (Lipinski definition) is 6. The highest BCUT2D eigenvalue weighted by Gasteiger charge is 2.40. The molecular weight excluding hydrogens is 385 g/mol. The Morgan fingerprint density at radius 2 is 2.07 bits per heavy atom. The maximum Gasteiger partial charge on any atom is 0.433 e. The molecule has 0 bridgehead atoms. The summed E-state index contributed by atoms with van der Waals surface area (Å²) in [7, 11) is 0. The van der Waals surface area contributed by atoms with Gasteiger partial charge in [0.05, 0.1) is 17.2 Å². The van der Waals surface area contributed by atoms with Gasteiger partial charge in [0.1, 0.15) is 5.56 Å². The van der Waals surface area contributed by atoms with Crippen LogP contribution in [0.2, 0.25) is 0 Å². The van der Waals surface area contributed by atoms with Crippen molar-refractivity contribution in [1.29, 1.82) is 0 Å². The number of alkyl halides is 3. The zero-order chi connectivity index (χ0) is 20.6. The van der Waals surface area contributed by atoms with Gasteiger partial charge in [0.2, 0.25) is 0 Å². The Hall–Kier alpha value is -3.70. The number of nitro benzene ring substituents is 1. The van der Waals surface area contributed by atoms with Gasteiger partial charge >= 0.3 is 12.1 Å². The second kappa shape index (κ2) is 6.79. The first-order valence-corrected chi connectivity index (χ1v) is 7.78. The Morgan fingerprint density at radius 3 is 2.68 bits per heavy atom. The minimum absolute atomic E-state index is 0.123. The van der Waals surface area contributed by atoms with E-state index in [1.807, 2.05) is 5.10 Å². The van der Waals surface area contributed by atoms with Crippen LogP contribution in [0.4, 0.5) is 18.9 Å². The van der Waals surface area contributed by atoms with Crippen molar-refractivity contribution in [3.05, 3.63) is 62.1 Å². The van der Waals surface area contributed by atoms with Crippen LogP contribution in [-0.4, -0.2) is 32.1 Å². The summed E-state index contributed by atoms with van der Waals surface area (Å²) in [5.41, 5.74) is -4.27. The van der Waals surface area contributed by atoms with Crippen molar-refractivity contribution in [2.75, 3.05) is 6.61 Å². The lowest BCUT2D eigenvalue weighted by Crippen LogP contribution is -2.15. The van der Waals surface area contributed by atoms with Crippen LogP contribution in [0.5, 0.6) is 0 Å². The van der Waals surface area contributed by atoms with Crippen molar-refractivity contribution < 1.29 is 27.6 Å². The normalized spacial score (nSPS) is 11.6. The highest BCUT2D eigenvalue weighted by atomic mass is 19.4. The number of carbonyl (C=O) groups is 1. The number of ether oxygens (including phenoxy) is 1. The standard InChI is InChI=1S/C16H11F3N4O5/c1-2-28-15(25)12-13(16(17,18)19)21-22-11(24)7-10(20-14(12)22)8-4-3-5-9(6-8)23(26)27/h3-7,21H,2H2,1H3. The number of aromatic amines is 1. The Bertz CT molecular complexity index is 1150. The van der Waals surface area contributed by atoms with E-state index < -0.39 is 39.5 Å². The van der Waals surface area contributed by atoms with E-state index in [-0.39, 0.29) is 23.6 Å². The topological polar surface area (TPSA) is 120 Å². The fraction of sp³-hybridized carbons (Fsp3) is 0.188. The number of non-ortho nitro benzene ring substituents is 1. The lowest BCUT2D eigenvalue weighted by Gasteiger charge is -2.06.